The predicted molar refractivity (Wildman–Crippen MR) is 129 cm³/mol. The number of aromatic nitrogens is 2. The third-order valence-corrected chi connectivity index (χ3v) is 5.00. The normalized spacial score (nSPS) is 13.5. The predicted octanol–water partition coefficient (Wildman–Crippen LogP) is 5.27. The number of hydrogen-bond donors (Lipinski definition) is 4. The molecule has 6 nitrogen and oxygen atoms in total. The van der Waals surface area contributed by atoms with Crippen molar-refractivity contribution in [3.63, 3.8) is 0 Å². The van der Waals surface area contributed by atoms with E-state index in [2.05, 4.69) is 27.9 Å². The number of nitrogens with one attached hydrogen (secondary N) is 1. The number of aliphatic hydroxyl groups excluding tert-OH is 1. The van der Waals surface area contributed by atoms with Crippen LogP contribution in [-0.2, 0) is 0 Å². The molecule has 0 spiro atoms. The van der Waals surface area contributed by atoms with E-state index in [4.69, 9.17) is 15.6 Å². The fourth-order valence-electron chi connectivity index (χ4n) is 3.70. The van der Waals surface area contributed by atoms with Crippen LogP contribution >= 0.6 is 12.6 Å². The molecule has 0 atom stereocenters. The Morgan fingerprint density at radius 3 is 2.52 bits per heavy atom. The van der Waals surface area contributed by atoms with Crippen LogP contribution in [0.15, 0.2) is 36.7 Å². The second-order valence-corrected chi connectivity index (χ2v) is 7.10. The lowest BCUT2D eigenvalue weighted by Crippen LogP contribution is -2.20. The van der Waals surface area contributed by atoms with Gasteiger partial charge in [0, 0.05) is 24.2 Å². The van der Waals surface area contributed by atoms with Crippen LogP contribution in [0.1, 0.15) is 37.7 Å². The molecule has 0 bridgehead atoms. The van der Waals surface area contributed by atoms with Gasteiger partial charge in [0.1, 0.15) is 23.7 Å². The summed E-state index contributed by atoms with van der Waals surface area (Å²) in [5.41, 5.74) is 9.02. The molecule has 2 aromatic carbocycles. The molecule has 1 aliphatic carbocycles. The standard InChI is InChI=1S/C21H23FN4O.CH4O.CH4S/c1-13-9-15(23)11-18-20(13)21(25-12-24-18)26-17-8-7-14(22)10-19(17)27-16-5-3-2-4-6-16;2*1-2/h7-12,16H,2-6,23H2,1H3,(H,24,25,26);2*2H,1H3. The number of halogens is 1. The largest absolute Gasteiger partial charge is 0.488 e. The zero-order chi connectivity index (χ0) is 22.8. The van der Waals surface area contributed by atoms with E-state index in [0.29, 0.717) is 22.9 Å². The van der Waals surface area contributed by atoms with Gasteiger partial charge in [0.25, 0.3) is 0 Å². The summed E-state index contributed by atoms with van der Waals surface area (Å²) in [4.78, 5) is 8.70. The van der Waals surface area contributed by atoms with Crippen LogP contribution in [0, 0.1) is 12.7 Å². The summed E-state index contributed by atoms with van der Waals surface area (Å²) < 4.78 is 20.0. The Bertz CT molecular complexity index is 981. The van der Waals surface area contributed by atoms with Gasteiger partial charge in [-0.3, -0.25) is 0 Å². The second-order valence-electron chi connectivity index (χ2n) is 7.10. The highest BCUT2D eigenvalue weighted by molar-refractivity contribution is 7.79. The minimum absolute atomic E-state index is 0.129. The Morgan fingerprint density at radius 2 is 1.81 bits per heavy atom. The number of ether oxygens (including phenoxy) is 1. The molecule has 31 heavy (non-hydrogen) atoms. The Morgan fingerprint density at radius 1 is 1.10 bits per heavy atom. The minimum Gasteiger partial charge on any atom is -0.488 e. The number of rotatable bonds is 4. The van der Waals surface area contributed by atoms with Crippen molar-refractivity contribution in [3.05, 3.63) is 48.0 Å². The zero-order valence-corrected chi connectivity index (χ0v) is 19.1. The lowest BCUT2D eigenvalue weighted by molar-refractivity contribution is 0.155. The van der Waals surface area contributed by atoms with Gasteiger partial charge in [-0.15, -0.1) is 0 Å². The number of benzene rings is 2. The summed E-state index contributed by atoms with van der Waals surface area (Å²) in [6.07, 6.45) is 8.87. The molecule has 0 radical (unpaired) electrons. The molecule has 0 amide bonds. The second kappa shape index (κ2) is 12.3. The molecule has 0 unspecified atom stereocenters. The average Bonchev–Trinajstić information content (AvgIpc) is 2.79. The van der Waals surface area contributed by atoms with E-state index in [0.717, 1.165) is 49.3 Å². The van der Waals surface area contributed by atoms with E-state index in [1.807, 2.05) is 19.1 Å². The summed E-state index contributed by atoms with van der Waals surface area (Å²) >= 11 is 3.53. The SMILES string of the molecule is CO.CS.Cc1cc(N)cc2ncnc(Nc3ccc(F)cc3OC3CCCCC3)c12. The van der Waals surface area contributed by atoms with Crippen LogP contribution in [-0.4, -0.2) is 34.5 Å². The lowest BCUT2D eigenvalue weighted by Gasteiger charge is -2.24. The highest BCUT2D eigenvalue weighted by atomic mass is 32.1. The maximum absolute atomic E-state index is 13.9. The number of anilines is 3. The Kier molecular flexibility index (Phi) is 9.81. The summed E-state index contributed by atoms with van der Waals surface area (Å²) in [6, 6.07) is 8.25. The van der Waals surface area contributed by atoms with Crippen LogP contribution in [0.4, 0.5) is 21.6 Å². The fourth-order valence-corrected chi connectivity index (χ4v) is 3.70. The van der Waals surface area contributed by atoms with Crippen molar-refractivity contribution >= 4 is 40.7 Å². The molecule has 4 N–H and O–H groups in total. The zero-order valence-electron chi connectivity index (χ0n) is 18.2. The fraction of sp³-hybridized carbons (Fsp3) is 0.391. The van der Waals surface area contributed by atoms with Crippen molar-refractivity contribution < 1.29 is 14.2 Å². The maximum atomic E-state index is 13.9. The highest BCUT2D eigenvalue weighted by Crippen LogP contribution is 2.34. The van der Waals surface area contributed by atoms with Crippen LogP contribution in [0.25, 0.3) is 10.9 Å². The number of aliphatic hydroxyl groups is 1. The van der Waals surface area contributed by atoms with Gasteiger partial charge in [0.15, 0.2) is 0 Å². The molecule has 1 heterocycles. The first-order valence-corrected chi connectivity index (χ1v) is 11.1. The number of hydrogen-bond acceptors (Lipinski definition) is 7. The van der Waals surface area contributed by atoms with Gasteiger partial charge in [-0.05, 0) is 68.7 Å². The summed E-state index contributed by atoms with van der Waals surface area (Å²) in [7, 11) is 1.00. The van der Waals surface area contributed by atoms with Crippen LogP contribution < -0.4 is 15.8 Å². The number of nitrogen functional groups attached to an aromatic ring is 1. The van der Waals surface area contributed by atoms with E-state index < -0.39 is 0 Å². The molecule has 1 fully saturated rings. The molecule has 0 saturated heterocycles. The van der Waals surface area contributed by atoms with E-state index in [1.165, 1.54) is 24.9 Å². The minimum atomic E-state index is -0.317. The molecule has 1 aromatic heterocycles. The van der Waals surface area contributed by atoms with Gasteiger partial charge < -0.3 is 20.9 Å². The van der Waals surface area contributed by atoms with Crippen LogP contribution in [0.5, 0.6) is 5.75 Å². The molecule has 1 aliphatic rings. The van der Waals surface area contributed by atoms with Crippen molar-refractivity contribution in [2.45, 2.75) is 45.1 Å². The molecule has 3 aromatic rings. The summed E-state index contributed by atoms with van der Waals surface area (Å²) in [5, 5.41) is 11.2. The molecule has 8 heteroatoms. The van der Waals surface area contributed by atoms with Crippen molar-refractivity contribution in [2.75, 3.05) is 24.4 Å². The molecule has 168 valence electrons. The first-order chi connectivity index (χ1) is 15.1. The lowest BCUT2D eigenvalue weighted by atomic mass is 9.98. The van der Waals surface area contributed by atoms with Gasteiger partial charge in [0.05, 0.1) is 17.3 Å². The van der Waals surface area contributed by atoms with E-state index in [1.54, 1.807) is 12.3 Å². The number of nitrogens with zero attached hydrogens (tertiary/aromatic N) is 2. The van der Waals surface area contributed by atoms with Gasteiger partial charge in [-0.2, -0.15) is 12.6 Å². The van der Waals surface area contributed by atoms with E-state index in [9.17, 15) is 4.39 Å². The molecular formula is C23H31FN4O2S. The maximum Gasteiger partial charge on any atom is 0.146 e. The quantitative estimate of drug-likeness (QED) is 0.322. The Hall–Kier alpha value is -2.58. The average molecular weight is 447 g/mol. The smallest absolute Gasteiger partial charge is 0.146 e. The van der Waals surface area contributed by atoms with Crippen molar-refractivity contribution in [3.8, 4) is 5.75 Å². The van der Waals surface area contributed by atoms with Crippen LogP contribution in [0.3, 0.4) is 0 Å². The number of nitrogens with two attached hydrogens (primary N) is 1. The van der Waals surface area contributed by atoms with Gasteiger partial charge in [-0.1, -0.05) is 6.42 Å². The highest BCUT2D eigenvalue weighted by Gasteiger charge is 2.18. The van der Waals surface area contributed by atoms with Gasteiger partial charge >= 0.3 is 0 Å². The van der Waals surface area contributed by atoms with Gasteiger partial charge in [0.2, 0.25) is 0 Å². The van der Waals surface area contributed by atoms with Crippen molar-refractivity contribution in [2.24, 2.45) is 0 Å². The molecule has 4 rings (SSSR count). The van der Waals surface area contributed by atoms with E-state index >= 15 is 0 Å². The number of thiol groups is 1. The van der Waals surface area contributed by atoms with Crippen molar-refractivity contribution in [1.29, 1.82) is 0 Å². The molecule has 1 saturated carbocycles. The first kappa shape index (κ1) is 24.7. The number of aryl methyl sites for hydroxylation is 1. The first-order valence-electron chi connectivity index (χ1n) is 10.2. The Labute approximate surface area is 188 Å². The third kappa shape index (κ3) is 6.45. The topological polar surface area (TPSA) is 93.3 Å². The van der Waals surface area contributed by atoms with Crippen molar-refractivity contribution in [1.82, 2.24) is 9.97 Å². The summed E-state index contributed by atoms with van der Waals surface area (Å²) in [6.45, 7) is 1.97. The third-order valence-electron chi connectivity index (χ3n) is 5.00. The summed E-state index contributed by atoms with van der Waals surface area (Å²) in [5.74, 6) is 0.849. The van der Waals surface area contributed by atoms with E-state index in [-0.39, 0.29) is 11.9 Å². The monoisotopic (exact) mass is 446 g/mol. The molecular weight excluding hydrogens is 415 g/mol. The van der Waals surface area contributed by atoms with Gasteiger partial charge in [-0.25, -0.2) is 14.4 Å². The van der Waals surface area contributed by atoms with Crippen LogP contribution in [0.2, 0.25) is 0 Å². The molecule has 0 aliphatic heterocycles. The Balaban J connectivity index is 0.000000807. The number of fused-ring (bicyclic) bond motifs is 1.